The van der Waals surface area contributed by atoms with E-state index in [9.17, 15) is 33.6 Å². The monoisotopic (exact) mass is 446 g/mol. The van der Waals surface area contributed by atoms with Gasteiger partial charge in [0.25, 0.3) is 35.4 Å². The summed E-state index contributed by atoms with van der Waals surface area (Å²) in [4.78, 5) is 90.9. The average Bonchev–Trinajstić information content (AvgIpc) is 3.36. The number of carbonyl (C=O) groups is 7. The second-order valence-electron chi connectivity index (χ2n) is 7.35. The number of rotatable bonds is 11. The summed E-state index contributed by atoms with van der Waals surface area (Å²) in [5, 5.41) is 0.459. The SMILES string of the molecule is O=C(CN(CCCN1C(=O)C=CC1=O)CCCN1C(=O)C=CC1=O)ON1C(=O)CCC1=O. The van der Waals surface area contributed by atoms with E-state index in [-0.39, 0.29) is 45.6 Å². The molecule has 0 aliphatic carbocycles. The van der Waals surface area contributed by atoms with E-state index in [2.05, 4.69) is 0 Å². The van der Waals surface area contributed by atoms with Crippen molar-refractivity contribution < 1.29 is 38.4 Å². The fourth-order valence-corrected chi connectivity index (χ4v) is 3.45. The first-order valence-corrected chi connectivity index (χ1v) is 10.1. The van der Waals surface area contributed by atoms with Gasteiger partial charge in [0.2, 0.25) is 0 Å². The Hall–Kier alpha value is -3.67. The topological polar surface area (TPSA) is 142 Å². The van der Waals surface area contributed by atoms with Crippen LogP contribution in [0.25, 0.3) is 0 Å². The molecule has 12 nitrogen and oxygen atoms in total. The van der Waals surface area contributed by atoms with Crippen LogP contribution in [0.15, 0.2) is 24.3 Å². The average molecular weight is 446 g/mol. The second kappa shape index (κ2) is 10.1. The second-order valence-corrected chi connectivity index (χ2v) is 7.35. The van der Waals surface area contributed by atoms with Gasteiger partial charge in [0.05, 0.1) is 6.54 Å². The number of hydroxylamine groups is 2. The number of nitrogens with zero attached hydrogens (tertiary/aromatic N) is 4. The third-order valence-corrected chi connectivity index (χ3v) is 5.06. The molecule has 170 valence electrons. The lowest BCUT2D eigenvalue weighted by atomic mass is 10.3. The molecule has 0 bridgehead atoms. The van der Waals surface area contributed by atoms with Crippen LogP contribution in [-0.4, -0.2) is 93.9 Å². The van der Waals surface area contributed by atoms with Crippen molar-refractivity contribution >= 4 is 41.4 Å². The van der Waals surface area contributed by atoms with Crippen molar-refractivity contribution in [3.05, 3.63) is 24.3 Å². The summed E-state index contributed by atoms with van der Waals surface area (Å²) in [7, 11) is 0. The maximum Gasteiger partial charge on any atom is 0.347 e. The van der Waals surface area contributed by atoms with Crippen molar-refractivity contribution in [1.29, 1.82) is 0 Å². The Morgan fingerprint density at radius 3 is 1.56 bits per heavy atom. The lowest BCUT2D eigenvalue weighted by molar-refractivity contribution is -0.198. The zero-order valence-corrected chi connectivity index (χ0v) is 17.2. The molecule has 0 saturated carbocycles. The molecule has 0 aromatic carbocycles. The van der Waals surface area contributed by atoms with E-state index in [1.54, 1.807) is 4.90 Å². The highest BCUT2D eigenvalue weighted by atomic mass is 16.7. The summed E-state index contributed by atoms with van der Waals surface area (Å²) < 4.78 is 0. The van der Waals surface area contributed by atoms with Crippen LogP contribution in [-0.2, 0) is 38.4 Å². The van der Waals surface area contributed by atoms with Crippen LogP contribution in [0.2, 0.25) is 0 Å². The van der Waals surface area contributed by atoms with Crippen LogP contribution >= 0.6 is 0 Å². The molecule has 0 radical (unpaired) electrons. The smallest absolute Gasteiger partial charge is 0.329 e. The predicted molar refractivity (Wildman–Crippen MR) is 105 cm³/mol. The fraction of sp³-hybridized carbons (Fsp3) is 0.450. The van der Waals surface area contributed by atoms with E-state index in [4.69, 9.17) is 4.84 Å². The Kier molecular flexibility index (Phi) is 7.25. The molecule has 3 rings (SSSR count). The quantitative estimate of drug-likeness (QED) is 0.348. The molecule has 0 aromatic rings. The van der Waals surface area contributed by atoms with Gasteiger partial charge in [-0.15, -0.1) is 5.06 Å². The summed E-state index contributed by atoms with van der Waals surface area (Å²) in [5.41, 5.74) is 0. The molecule has 3 heterocycles. The Bertz CT molecular complexity index is 825. The normalized spacial score (nSPS) is 18.3. The number of imide groups is 3. The first-order chi connectivity index (χ1) is 15.3. The minimum Gasteiger partial charge on any atom is -0.329 e. The molecule has 1 saturated heterocycles. The number of carbonyl (C=O) groups excluding carboxylic acids is 7. The van der Waals surface area contributed by atoms with Gasteiger partial charge in [-0.2, -0.15) is 0 Å². The van der Waals surface area contributed by atoms with Crippen molar-refractivity contribution in [2.45, 2.75) is 25.7 Å². The molecule has 3 aliphatic heterocycles. The molecule has 0 unspecified atom stereocenters. The Morgan fingerprint density at radius 1 is 0.750 bits per heavy atom. The highest BCUT2D eigenvalue weighted by Crippen LogP contribution is 2.13. The van der Waals surface area contributed by atoms with Crippen LogP contribution in [0.4, 0.5) is 0 Å². The molecule has 1 fully saturated rings. The summed E-state index contributed by atoms with van der Waals surface area (Å²) in [6.45, 7) is 0.596. The van der Waals surface area contributed by atoms with Gasteiger partial charge < -0.3 is 4.84 Å². The fourth-order valence-electron chi connectivity index (χ4n) is 3.45. The first-order valence-electron chi connectivity index (χ1n) is 10.1. The predicted octanol–water partition coefficient (Wildman–Crippen LogP) is -1.47. The highest BCUT2D eigenvalue weighted by molar-refractivity contribution is 6.13. The number of hydrogen-bond acceptors (Lipinski definition) is 9. The molecule has 0 N–H and O–H groups in total. The van der Waals surface area contributed by atoms with Gasteiger partial charge in [-0.3, -0.25) is 43.5 Å². The van der Waals surface area contributed by atoms with Crippen LogP contribution in [0, 0.1) is 0 Å². The number of hydrogen-bond donors (Lipinski definition) is 0. The summed E-state index contributed by atoms with van der Waals surface area (Å²) in [5.74, 6) is -3.65. The first kappa shape index (κ1) is 23.0. The van der Waals surface area contributed by atoms with E-state index in [1.165, 1.54) is 24.3 Å². The zero-order chi connectivity index (χ0) is 23.3. The van der Waals surface area contributed by atoms with Crippen molar-refractivity contribution in [1.82, 2.24) is 19.8 Å². The Morgan fingerprint density at radius 2 is 1.16 bits per heavy atom. The number of amides is 6. The summed E-state index contributed by atoms with van der Waals surface area (Å²) >= 11 is 0. The van der Waals surface area contributed by atoms with E-state index in [1.807, 2.05) is 0 Å². The van der Waals surface area contributed by atoms with Crippen LogP contribution in [0.3, 0.4) is 0 Å². The van der Waals surface area contributed by atoms with E-state index in [0.717, 1.165) is 9.80 Å². The van der Waals surface area contributed by atoms with Crippen molar-refractivity contribution in [3.63, 3.8) is 0 Å². The zero-order valence-electron chi connectivity index (χ0n) is 17.2. The molecule has 6 amide bonds. The van der Waals surface area contributed by atoms with Gasteiger partial charge in [0, 0.05) is 63.3 Å². The van der Waals surface area contributed by atoms with E-state index < -0.39 is 41.4 Å². The molecule has 0 spiro atoms. The maximum absolute atomic E-state index is 12.3. The van der Waals surface area contributed by atoms with Crippen LogP contribution in [0.1, 0.15) is 25.7 Å². The molecule has 0 aromatic heterocycles. The van der Waals surface area contributed by atoms with E-state index in [0.29, 0.717) is 17.9 Å². The van der Waals surface area contributed by atoms with Gasteiger partial charge in [-0.1, -0.05) is 0 Å². The molecule has 3 aliphatic rings. The van der Waals surface area contributed by atoms with Crippen LogP contribution in [0.5, 0.6) is 0 Å². The Balaban J connectivity index is 1.52. The lowest BCUT2D eigenvalue weighted by Crippen LogP contribution is -2.40. The molecule has 0 atom stereocenters. The standard InChI is InChI=1S/C20H22N4O8/c25-14-3-4-15(26)22(14)11-1-9-21(10-2-12-23-16(27)5-6-17(23)28)13-20(31)32-24-18(29)7-8-19(24)30/h3-6H,1-2,7-13H2. The van der Waals surface area contributed by atoms with Crippen LogP contribution < -0.4 is 0 Å². The minimum atomic E-state index is -0.821. The maximum atomic E-state index is 12.3. The van der Waals surface area contributed by atoms with Gasteiger partial charge in [0.15, 0.2) is 0 Å². The largest absolute Gasteiger partial charge is 0.347 e. The van der Waals surface area contributed by atoms with Crippen molar-refractivity contribution in [3.8, 4) is 0 Å². The molecule has 12 heteroatoms. The molecular formula is C20H22N4O8. The molecular weight excluding hydrogens is 424 g/mol. The third kappa shape index (κ3) is 5.52. The van der Waals surface area contributed by atoms with Gasteiger partial charge in [-0.05, 0) is 12.8 Å². The summed E-state index contributed by atoms with van der Waals surface area (Å²) in [6, 6.07) is 0. The third-order valence-electron chi connectivity index (χ3n) is 5.06. The van der Waals surface area contributed by atoms with Gasteiger partial charge in [0.1, 0.15) is 0 Å². The van der Waals surface area contributed by atoms with Crippen molar-refractivity contribution in [2.24, 2.45) is 0 Å². The highest BCUT2D eigenvalue weighted by Gasteiger charge is 2.33. The lowest BCUT2D eigenvalue weighted by Gasteiger charge is -2.24. The minimum absolute atomic E-state index is 0.0202. The van der Waals surface area contributed by atoms with E-state index >= 15 is 0 Å². The van der Waals surface area contributed by atoms with Gasteiger partial charge >= 0.3 is 5.97 Å². The summed E-state index contributed by atoms with van der Waals surface area (Å²) in [6.07, 6.45) is 5.40. The van der Waals surface area contributed by atoms with Crippen molar-refractivity contribution in [2.75, 3.05) is 32.7 Å². The molecule has 32 heavy (non-hydrogen) atoms. The van der Waals surface area contributed by atoms with Gasteiger partial charge in [-0.25, -0.2) is 4.79 Å². The Labute approximate surface area is 183 Å².